The van der Waals surface area contributed by atoms with Gasteiger partial charge in [0.2, 0.25) is 0 Å². The first kappa shape index (κ1) is 15.0. The van der Waals surface area contributed by atoms with Gasteiger partial charge in [-0.15, -0.1) is 0 Å². The molecule has 1 rings (SSSR count). The topological polar surface area (TPSA) is 51.2 Å². The maximum absolute atomic E-state index is 11.7. The molecule has 0 saturated heterocycles. The van der Waals surface area contributed by atoms with Crippen LogP contribution in [0.15, 0.2) is 16.7 Å². The highest BCUT2D eigenvalue weighted by Gasteiger charge is 2.16. The maximum atomic E-state index is 11.7. The number of aromatic nitrogens is 1. The van der Waals surface area contributed by atoms with Crippen LogP contribution in [-0.2, 0) is 4.74 Å². The number of esters is 1. The Morgan fingerprint density at radius 1 is 1.50 bits per heavy atom. The Kier molecular flexibility index (Phi) is 5.59. The lowest BCUT2D eigenvalue weighted by molar-refractivity contribution is 0.0601. The molecule has 0 amide bonds. The minimum Gasteiger partial charge on any atom is -0.465 e. The fraction of sp³-hybridized carbons (Fsp3) is 0.538. The van der Waals surface area contributed by atoms with Gasteiger partial charge < -0.3 is 10.1 Å². The van der Waals surface area contributed by atoms with Crippen molar-refractivity contribution in [3.05, 3.63) is 22.3 Å². The Balaban J connectivity index is 2.90. The molecule has 0 aliphatic carbocycles. The number of halogens is 1. The normalized spacial score (nSPS) is 12.3. The smallest absolute Gasteiger partial charge is 0.341 e. The van der Waals surface area contributed by atoms with E-state index in [1.54, 1.807) is 12.3 Å². The number of nitrogens with one attached hydrogen (secondary N) is 1. The summed E-state index contributed by atoms with van der Waals surface area (Å²) in [6, 6.07) is 1.96. The zero-order valence-electron chi connectivity index (χ0n) is 11.2. The first-order valence-corrected chi connectivity index (χ1v) is 6.73. The third-order valence-electron chi connectivity index (χ3n) is 2.47. The first-order valence-electron chi connectivity index (χ1n) is 5.94. The van der Waals surface area contributed by atoms with E-state index in [1.807, 2.05) is 0 Å². The maximum Gasteiger partial charge on any atom is 0.341 e. The molecule has 1 unspecified atom stereocenters. The number of nitrogens with zero attached hydrogens (tertiary/aromatic N) is 1. The van der Waals surface area contributed by atoms with Crippen molar-refractivity contribution < 1.29 is 9.53 Å². The van der Waals surface area contributed by atoms with E-state index in [4.69, 9.17) is 4.74 Å². The van der Waals surface area contributed by atoms with Gasteiger partial charge in [-0.25, -0.2) is 9.78 Å². The predicted octanol–water partition coefficient (Wildman–Crippen LogP) is 3.48. The molecule has 0 aliphatic heterocycles. The molecule has 0 aliphatic rings. The van der Waals surface area contributed by atoms with Crippen molar-refractivity contribution in [1.29, 1.82) is 0 Å². The van der Waals surface area contributed by atoms with E-state index in [1.165, 1.54) is 7.11 Å². The molecule has 0 radical (unpaired) electrons. The molecule has 1 aromatic rings. The van der Waals surface area contributed by atoms with E-state index in [9.17, 15) is 4.79 Å². The van der Waals surface area contributed by atoms with E-state index in [0.29, 0.717) is 17.3 Å². The summed E-state index contributed by atoms with van der Waals surface area (Å²) >= 11 is 3.30. The number of anilines is 1. The molecule has 0 fully saturated rings. The molecule has 0 saturated carbocycles. The van der Waals surface area contributed by atoms with Crippen LogP contribution in [0.5, 0.6) is 0 Å². The summed E-state index contributed by atoms with van der Waals surface area (Å²) in [7, 11) is 1.37. The van der Waals surface area contributed by atoms with Gasteiger partial charge in [-0.1, -0.05) is 13.8 Å². The number of hydrogen-bond donors (Lipinski definition) is 1. The second-order valence-corrected chi connectivity index (χ2v) is 5.63. The molecule has 1 N–H and O–H groups in total. The molecule has 1 aromatic heterocycles. The molecule has 0 bridgehead atoms. The van der Waals surface area contributed by atoms with Gasteiger partial charge in [0.25, 0.3) is 0 Å². The van der Waals surface area contributed by atoms with E-state index in [-0.39, 0.29) is 12.0 Å². The van der Waals surface area contributed by atoms with Crippen molar-refractivity contribution in [2.75, 3.05) is 12.4 Å². The van der Waals surface area contributed by atoms with Gasteiger partial charge in [0.05, 0.1) is 7.11 Å². The van der Waals surface area contributed by atoms with Crippen molar-refractivity contribution in [1.82, 2.24) is 4.98 Å². The largest absolute Gasteiger partial charge is 0.465 e. The number of pyridine rings is 1. The molecular weight excluding hydrogens is 296 g/mol. The SMILES string of the molecule is COC(=O)c1cc(Br)cnc1NC(C)CC(C)C. The number of carbonyl (C=O) groups excluding carboxylic acids is 1. The van der Waals surface area contributed by atoms with Crippen LogP contribution in [0.1, 0.15) is 37.6 Å². The van der Waals surface area contributed by atoms with Gasteiger partial charge in [-0.2, -0.15) is 0 Å². The summed E-state index contributed by atoms with van der Waals surface area (Å²) in [6.07, 6.45) is 2.68. The van der Waals surface area contributed by atoms with E-state index in [0.717, 1.165) is 10.9 Å². The second-order valence-electron chi connectivity index (χ2n) is 4.72. The van der Waals surface area contributed by atoms with Crippen molar-refractivity contribution in [2.24, 2.45) is 5.92 Å². The van der Waals surface area contributed by atoms with Gasteiger partial charge in [0.15, 0.2) is 0 Å². The summed E-state index contributed by atoms with van der Waals surface area (Å²) in [5, 5.41) is 3.25. The Morgan fingerprint density at radius 3 is 2.72 bits per heavy atom. The number of methoxy groups -OCH3 is 1. The summed E-state index contributed by atoms with van der Waals surface area (Å²) in [5.41, 5.74) is 0.447. The minimum absolute atomic E-state index is 0.252. The van der Waals surface area contributed by atoms with Crippen molar-refractivity contribution >= 4 is 27.7 Å². The third-order valence-corrected chi connectivity index (χ3v) is 2.90. The van der Waals surface area contributed by atoms with Crippen LogP contribution >= 0.6 is 15.9 Å². The second kappa shape index (κ2) is 6.73. The molecule has 4 nitrogen and oxygen atoms in total. The average Bonchev–Trinajstić information content (AvgIpc) is 2.29. The number of hydrogen-bond acceptors (Lipinski definition) is 4. The highest BCUT2D eigenvalue weighted by atomic mass is 79.9. The van der Waals surface area contributed by atoms with Crippen LogP contribution < -0.4 is 5.32 Å². The van der Waals surface area contributed by atoms with Crippen LogP contribution in [0, 0.1) is 5.92 Å². The Bertz CT molecular complexity index is 421. The molecule has 18 heavy (non-hydrogen) atoms. The third kappa shape index (κ3) is 4.29. The molecule has 100 valence electrons. The molecular formula is C13H19BrN2O2. The fourth-order valence-electron chi connectivity index (χ4n) is 1.82. The highest BCUT2D eigenvalue weighted by Crippen LogP contribution is 2.20. The highest BCUT2D eigenvalue weighted by molar-refractivity contribution is 9.10. The number of rotatable bonds is 5. The monoisotopic (exact) mass is 314 g/mol. The molecule has 0 aromatic carbocycles. The fourth-order valence-corrected chi connectivity index (χ4v) is 2.15. The van der Waals surface area contributed by atoms with Crippen LogP contribution in [0.3, 0.4) is 0 Å². The van der Waals surface area contributed by atoms with Crippen LogP contribution in [0.2, 0.25) is 0 Å². The standard InChI is InChI=1S/C13H19BrN2O2/c1-8(2)5-9(3)16-12-11(13(17)18-4)6-10(14)7-15-12/h6-9H,5H2,1-4H3,(H,15,16). The van der Waals surface area contributed by atoms with Crippen LogP contribution in [-0.4, -0.2) is 24.1 Å². The Hall–Kier alpha value is -1.10. The zero-order valence-corrected chi connectivity index (χ0v) is 12.7. The van der Waals surface area contributed by atoms with Crippen molar-refractivity contribution in [2.45, 2.75) is 33.2 Å². The lowest BCUT2D eigenvalue weighted by atomic mass is 10.1. The van der Waals surface area contributed by atoms with E-state index < -0.39 is 0 Å². The summed E-state index contributed by atoms with van der Waals surface area (Å²) in [5.74, 6) is 0.769. The van der Waals surface area contributed by atoms with E-state index >= 15 is 0 Å². The quantitative estimate of drug-likeness (QED) is 0.845. The van der Waals surface area contributed by atoms with Gasteiger partial charge in [-0.3, -0.25) is 0 Å². The minimum atomic E-state index is -0.386. The van der Waals surface area contributed by atoms with Crippen molar-refractivity contribution in [3.8, 4) is 0 Å². The molecule has 0 spiro atoms. The van der Waals surface area contributed by atoms with Gasteiger partial charge in [-0.05, 0) is 41.3 Å². The lowest BCUT2D eigenvalue weighted by Gasteiger charge is -2.18. The first-order chi connectivity index (χ1) is 8.43. The van der Waals surface area contributed by atoms with Gasteiger partial charge in [0, 0.05) is 16.7 Å². The Labute approximate surface area is 116 Å². The summed E-state index contributed by atoms with van der Waals surface area (Å²) in [4.78, 5) is 15.9. The van der Waals surface area contributed by atoms with Crippen LogP contribution in [0.25, 0.3) is 0 Å². The summed E-state index contributed by atoms with van der Waals surface area (Å²) in [6.45, 7) is 6.40. The van der Waals surface area contributed by atoms with Gasteiger partial charge in [0.1, 0.15) is 11.4 Å². The molecule has 1 heterocycles. The van der Waals surface area contributed by atoms with Crippen molar-refractivity contribution in [3.63, 3.8) is 0 Å². The lowest BCUT2D eigenvalue weighted by Crippen LogP contribution is -2.20. The summed E-state index contributed by atoms with van der Waals surface area (Å²) < 4.78 is 5.51. The molecule has 1 atom stereocenters. The number of carbonyl (C=O) groups is 1. The van der Waals surface area contributed by atoms with E-state index in [2.05, 4.69) is 47.0 Å². The average molecular weight is 315 g/mol. The van der Waals surface area contributed by atoms with Crippen LogP contribution in [0.4, 0.5) is 5.82 Å². The molecule has 5 heteroatoms. The number of ether oxygens (including phenoxy) is 1. The zero-order chi connectivity index (χ0) is 13.7. The predicted molar refractivity (Wildman–Crippen MR) is 75.8 cm³/mol. The van der Waals surface area contributed by atoms with Gasteiger partial charge >= 0.3 is 5.97 Å². The Morgan fingerprint density at radius 2 is 2.17 bits per heavy atom.